The smallest absolute Gasteiger partial charge is 0.174 e. The zero-order valence-electron chi connectivity index (χ0n) is 22.6. The van der Waals surface area contributed by atoms with Crippen LogP contribution in [0.2, 0.25) is 0 Å². The predicted molar refractivity (Wildman–Crippen MR) is 159 cm³/mol. The van der Waals surface area contributed by atoms with Gasteiger partial charge in [0.15, 0.2) is 5.11 Å². The summed E-state index contributed by atoms with van der Waals surface area (Å²) < 4.78 is 19.2. The molecule has 8 heteroatoms. The van der Waals surface area contributed by atoms with Crippen LogP contribution in [0.5, 0.6) is 17.2 Å². The lowest BCUT2D eigenvalue weighted by Crippen LogP contribution is -2.29. The number of furan rings is 1. The summed E-state index contributed by atoms with van der Waals surface area (Å²) in [5, 5.41) is 4.21. The highest BCUT2D eigenvalue weighted by molar-refractivity contribution is 7.80. The third-order valence-electron chi connectivity index (χ3n) is 7.33. The van der Waals surface area contributed by atoms with Gasteiger partial charge < -0.3 is 28.7 Å². The van der Waals surface area contributed by atoms with Gasteiger partial charge in [-0.15, -0.1) is 0 Å². The highest BCUT2D eigenvalue weighted by Gasteiger charge is 2.42. The number of thiocarbonyl (C=S) groups is 1. The molecule has 4 heterocycles. The van der Waals surface area contributed by atoms with E-state index in [1.54, 1.807) is 13.4 Å². The van der Waals surface area contributed by atoms with Crippen LogP contribution in [0.4, 0.5) is 5.69 Å². The molecule has 1 fully saturated rings. The van der Waals surface area contributed by atoms with Crippen molar-refractivity contribution in [2.45, 2.75) is 32.5 Å². The van der Waals surface area contributed by atoms with Crippen LogP contribution in [0, 0.1) is 13.8 Å². The van der Waals surface area contributed by atoms with Crippen LogP contribution in [-0.2, 0) is 6.54 Å². The van der Waals surface area contributed by atoms with E-state index in [9.17, 15) is 0 Å². The van der Waals surface area contributed by atoms with Crippen LogP contribution in [0.3, 0.4) is 0 Å². The van der Waals surface area contributed by atoms with Crippen LogP contribution < -0.4 is 19.7 Å². The van der Waals surface area contributed by atoms with Crippen LogP contribution in [-0.4, -0.2) is 21.8 Å². The monoisotopic (exact) mass is 550 g/mol. The van der Waals surface area contributed by atoms with Crippen molar-refractivity contribution in [3.63, 3.8) is 0 Å². The quantitative estimate of drug-likeness (QED) is 0.206. The molecule has 7 nitrogen and oxygen atoms in total. The highest BCUT2D eigenvalue weighted by Crippen LogP contribution is 2.43. The van der Waals surface area contributed by atoms with Crippen molar-refractivity contribution >= 4 is 23.0 Å². The molecule has 6 rings (SSSR count). The number of ether oxygens (including phenoxy) is 2. The first-order valence-corrected chi connectivity index (χ1v) is 13.5. The van der Waals surface area contributed by atoms with Gasteiger partial charge in [-0.2, -0.15) is 0 Å². The van der Waals surface area contributed by atoms with E-state index >= 15 is 0 Å². The van der Waals surface area contributed by atoms with E-state index in [1.165, 1.54) is 5.56 Å². The molecule has 0 bridgehead atoms. The van der Waals surface area contributed by atoms with Crippen LogP contribution >= 0.6 is 12.2 Å². The van der Waals surface area contributed by atoms with Gasteiger partial charge >= 0.3 is 0 Å². The second-order valence-corrected chi connectivity index (χ2v) is 10.1. The van der Waals surface area contributed by atoms with Crippen molar-refractivity contribution in [1.82, 2.24) is 14.9 Å². The molecule has 5 aromatic rings. The standard InChI is InChI=1S/C32H30N4O3S/c1-21-19-28(22(2)35(21)20-27-7-6-18-38-27)31-30(29-8-4-5-17-33-29)34-32(40)36(31)23-9-11-25(12-10-23)39-26-15-13-24(37-3)14-16-26/h4-19,30-31H,20H2,1-3H3,(H,34,40)/t30-,31-/m1/s1. The number of aromatic nitrogens is 2. The summed E-state index contributed by atoms with van der Waals surface area (Å²) in [6.45, 7) is 4.96. The summed E-state index contributed by atoms with van der Waals surface area (Å²) in [4.78, 5) is 6.88. The average molecular weight is 551 g/mol. The van der Waals surface area contributed by atoms with Gasteiger partial charge in [0.25, 0.3) is 0 Å². The van der Waals surface area contributed by atoms with Crippen molar-refractivity contribution in [1.29, 1.82) is 0 Å². The summed E-state index contributed by atoms with van der Waals surface area (Å²) in [5.74, 6) is 3.18. The molecule has 3 aromatic heterocycles. The van der Waals surface area contributed by atoms with E-state index in [1.807, 2.05) is 85.1 Å². The molecular formula is C32H30N4O3S. The van der Waals surface area contributed by atoms with Crippen LogP contribution in [0.1, 0.15) is 40.5 Å². The van der Waals surface area contributed by atoms with E-state index < -0.39 is 0 Å². The molecule has 2 aromatic carbocycles. The largest absolute Gasteiger partial charge is 0.497 e. The molecular weight excluding hydrogens is 520 g/mol. The van der Waals surface area contributed by atoms with E-state index in [2.05, 4.69) is 34.7 Å². The Hall–Kier alpha value is -4.56. The summed E-state index contributed by atoms with van der Waals surface area (Å²) >= 11 is 5.94. The van der Waals surface area contributed by atoms with Crippen molar-refractivity contribution < 1.29 is 13.9 Å². The number of nitrogens with zero attached hydrogens (tertiary/aromatic N) is 3. The van der Waals surface area contributed by atoms with Gasteiger partial charge in [0.1, 0.15) is 23.0 Å². The fourth-order valence-electron chi connectivity index (χ4n) is 5.33. The van der Waals surface area contributed by atoms with E-state index in [4.69, 9.17) is 31.1 Å². The number of methoxy groups -OCH3 is 1. The maximum atomic E-state index is 6.07. The second kappa shape index (κ2) is 10.9. The molecule has 0 saturated carbocycles. The number of hydrogen-bond donors (Lipinski definition) is 1. The molecule has 2 atom stereocenters. The van der Waals surface area contributed by atoms with Crippen LogP contribution in [0.25, 0.3) is 0 Å². The predicted octanol–water partition coefficient (Wildman–Crippen LogP) is 7.12. The number of nitrogens with one attached hydrogen (secondary N) is 1. The lowest BCUT2D eigenvalue weighted by atomic mass is 9.96. The number of benzene rings is 2. The van der Waals surface area contributed by atoms with Gasteiger partial charge in [0.05, 0.1) is 37.7 Å². The van der Waals surface area contributed by atoms with E-state index in [-0.39, 0.29) is 12.1 Å². The molecule has 0 aliphatic carbocycles. The molecule has 202 valence electrons. The maximum Gasteiger partial charge on any atom is 0.174 e. The molecule has 1 aliphatic heterocycles. The molecule has 1 saturated heterocycles. The number of hydrogen-bond acceptors (Lipinski definition) is 5. The Morgan fingerprint density at radius 3 is 2.30 bits per heavy atom. The summed E-state index contributed by atoms with van der Waals surface area (Å²) in [7, 11) is 1.65. The first-order chi connectivity index (χ1) is 19.5. The van der Waals surface area contributed by atoms with Gasteiger partial charge in [0, 0.05) is 23.3 Å². The number of rotatable bonds is 8. The van der Waals surface area contributed by atoms with Crippen molar-refractivity contribution in [2.24, 2.45) is 0 Å². The van der Waals surface area contributed by atoms with Gasteiger partial charge in [0.2, 0.25) is 0 Å². The van der Waals surface area contributed by atoms with Gasteiger partial charge in [-0.1, -0.05) is 6.07 Å². The molecule has 0 radical (unpaired) electrons. The van der Waals surface area contributed by atoms with Gasteiger partial charge in [-0.05, 0) is 110 Å². The molecule has 0 unspecified atom stereocenters. The minimum Gasteiger partial charge on any atom is -0.497 e. The van der Waals surface area contributed by atoms with Crippen molar-refractivity contribution in [3.8, 4) is 17.2 Å². The summed E-state index contributed by atoms with van der Waals surface area (Å²) in [6, 6.07) is 27.5. The first-order valence-electron chi connectivity index (χ1n) is 13.1. The summed E-state index contributed by atoms with van der Waals surface area (Å²) in [6.07, 6.45) is 3.54. The van der Waals surface area contributed by atoms with E-state index in [0.29, 0.717) is 11.7 Å². The minimum absolute atomic E-state index is 0.104. The fourth-order valence-corrected chi connectivity index (χ4v) is 5.68. The molecule has 40 heavy (non-hydrogen) atoms. The van der Waals surface area contributed by atoms with Gasteiger partial charge in [-0.3, -0.25) is 4.98 Å². The zero-order chi connectivity index (χ0) is 27.6. The first kappa shape index (κ1) is 25.7. The van der Waals surface area contributed by atoms with E-state index in [0.717, 1.165) is 45.8 Å². The minimum atomic E-state index is -0.124. The third-order valence-corrected chi connectivity index (χ3v) is 7.65. The molecule has 0 spiro atoms. The lowest BCUT2D eigenvalue weighted by molar-refractivity contribution is 0.413. The Bertz CT molecular complexity index is 1600. The van der Waals surface area contributed by atoms with Crippen molar-refractivity contribution in [2.75, 3.05) is 12.0 Å². The Labute approximate surface area is 239 Å². The summed E-state index contributed by atoms with van der Waals surface area (Å²) in [5.41, 5.74) is 5.41. The Morgan fingerprint density at radius 1 is 0.925 bits per heavy atom. The molecule has 0 amide bonds. The second-order valence-electron chi connectivity index (χ2n) is 9.76. The Morgan fingerprint density at radius 2 is 1.65 bits per heavy atom. The number of pyridine rings is 1. The lowest BCUT2D eigenvalue weighted by Gasteiger charge is -2.28. The normalized spacial score (nSPS) is 16.7. The SMILES string of the molecule is COc1ccc(Oc2ccc(N3C(=S)N[C@H](c4ccccn4)[C@H]3c3cc(C)n(Cc4ccco4)c3C)cc2)cc1. The maximum absolute atomic E-state index is 6.07. The third kappa shape index (κ3) is 4.94. The topological polar surface area (TPSA) is 64.7 Å². The van der Waals surface area contributed by atoms with Crippen LogP contribution in [0.15, 0.2) is 102 Å². The average Bonchev–Trinajstić information content (AvgIpc) is 3.69. The molecule has 1 aliphatic rings. The molecule has 1 N–H and O–H groups in total. The number of aryl methyl sites for hydroxylation is 1. The zero-order valence-corrected chi connectivity index (χ0v) is 23.4. The van der Waals surface area contributed by atoms with Gasteiger partial charge in [-0.25, -0.2) is 0 Å². The number of anilines is 1. The Balaban J connectivity index is 1.35. The fraction of sp³-hybridized carbons (Fsp3) is 0.188. The highest BCUT2D eigenvalue weighted by atomic mass is 32.1. The Kier molecular flexibility index (Phi) is 7.00. The van der Waals surface area contributed by atoms with Crippen molar-refractivity contribution in [3.05, 3.63) is 126 Å².